The maximum Gasteiger partial charge on any atom is 0.242 e. The third kappa shape index (κ3) is 3.30. The molecule has 0 aliphatic rings. The highest BCUT2D eigenvalue weighted by Gasteiger charge is 2.11. The zero-order valence-corrected chi connectivity index (χ0v) is 11.5. The molecular formula is C13H15N3O2S. The zero-order chi connectivity index (χ0) is 13.8. The summed E-state index contributed by atoms with van der Waals surface area (Å²) in [5, 5.41) is 5.09. The van der Waals surface area contributed by atoms with Crippen LogP contribution in [0.2, 0.25) is 0 Å². The third-order valence-corrected chi connectivity index (χ3v) is 3.27. The van der Waals surface area contributed by atoms with Gasteiger partial charge in [0.2, 0.25) is 5.91 Å². The number of nitrogens with zero attached hydrogens (tertiary/aromatic N) is 1. The van der Waals surface area contributed by atoms with Gasteiger partial charge in [0.1, 0.15) is 5.75 Å². The lowest BCUT2D eigenvalue weighted by Crippen LogP contribution is -2.32. The van der Waals surface area contributed by atoms with Crippen molar-refractivity contribution in [1.29, 1.82) is 0 Å². The maximum atomic E-state index is 11.5. The van der Waals surface area contributed by atoms with E-state index in [9.17, 15) is 4.79 Å². The van der Waals surface area contributed by atoms with Crippen LogP contribution in [-0.4, -0.2) is 24.0 Å². The van der Waals surface area contributed by atoms with Gasteiger partial charge in [-0.1, -0.05) is 12.1 Å². The van der Waals surface area contributed by atoms with E-state index < -0.39 is 6.04 Å². The average Bonchev–Trinajstić information content (AvgIpc) is 2.87. The highest BCUT2D eigenvalue weighted by molar-refractivity contribution is 7.14. The second-order valence-corrected chi connectivity index (χ2v) is 4.91. The Bertz CT molecular complexity index is 581. The minimum atomic E-state index is -0.552. The number of anilines is 1. The quantitative estimate of drug-likeness (QED) is 0.897. The van der Waals surface area contributed by atoms with Crippen molar-refractivity contribution >= 4 is 22.4 Å². The summed E-state index contributed by atoms with van der Waals surface area (Å²) in [5.41, 5.74) is 7.22. The number of aromatic nitrogens is 1. The Morgan fingerprint density at radius 3 is 3.00 bits per heavy atom. The van der Waals surface area contributed by atoms with Crippen LogP contribution in [0.5, 0.6) is 5.75 Å². The van der Waals surface area contributed by atoms with Gasteiger partial charge >= 0.3 is 0 Å². The van der Waals surface area contributed by atoms with Crippen molar-refractivity contribution in [2.24, 2.45) is 5.73 Å². The summed E-state index contributed by atoms with van der Waals surface area (Å²) < 4.78 is 5.17. The summed E-state index contributed by atoms with van der Waals surface area (Å²) in [7, 11) is 1.62. The van der Waals surface area contributed by atoms with Gasteiger partial charge in [0.15, 0.2) is 5.13 Å². The highest BCUT2D eigenvalue weighted by Crippen LogP contribution is 2.27. The molecule has 1 aromatic heterocycles. The molecule has 0 bridgehead atoms. The number of thiazole rings is 1. The van der Waals surface area contributed by atoms with E-state index in [1.165, 1.54) is 11.3 Å². The van der Waals surface area contributed by atoms with Gasteiger partial charge in [0.05, 0.1) is 18.8 Å². The van der Waals surface area contributed by atoms with Crippen LogP contribution in [0.4, 0.5) is 5.13 Å². The monoisotopic (exact) mass is 277 g/mol. The third-order valence-electron chi connectivity index (χ3n) is 2.51. The number of nitrogens with two attached hydrogens (primary N) is 1. The Labute approximate surface area is 115 Å². The predicted molar refractivity (Wildman–Crippen MR) is 76.4 cm³/mol. The van der Waals surface area contributed by atoms with Crippen molar-refractivity contribution < 1.29 is 9.53 Å². The van der Waals surface area contributed by atoms with Gasteiger partial charge in [0.25, 0.3) is 0 Å². The number of carbonyl (C=O) groups excluding carboxylic acids is 1. The predicted octanol–water partition coefficient (Wildman–Crippen LogP) is 2.10. The van der Waals surface area contributed by atoms with Crippen LogP contribution < -0.4 is 15.8 Å². The van der Waals surface area contributed by atoms with Gasteiger partial charge in [-0.25, -0.2) is 4.98 Å². The molecule has 0 aliphatic heterocycles. The smallest absolute Gasteiger partial charge is 0.242 e. The van der Waals surface area contributed by atoms with Gasteiger partial charge in [0, 0.05) is 10.9 Å². The van der Waals surface area contributed by atoms with Crippen molar-refractivity contribution in [1.82, 2.24) is 4.98 Å². The molecule has 1 unspecified atom stereocenters. The summed E-state index contributed by atoms with van der Waals surface area (Å²) in [6.07, 6.45) is 0. The van der Waals surface area contributed by atoms with Crippen molar-refractivity contribution in [3.8, 4) is 17.0 Å². The van der Waals surface area contributed by atoms with Crippen LogP contribution in [0.15, 0.2) is 29.6 Å². The number of hydrogen-bond acceptors (Lipinski definition) is 5. The van der Waals surface area contributed by atoms with Crippen LogP contribution in [0.3, 0.4) is 0 Å². The Balaban J connectivity index is 2.18. The summed E-state index contributed by atoms with van der Waals surface area (Å²) in [4.78, 5) is 15.8. The van der Waals surface area contributed by atoms with Crippen LogP contribution in [-0.2, 0) is 4.79 Å². The molecule has 19 heavy (non-hydrogen) atoms. The molecule has 5 nitrogen and oxygen atoms in total. The fourth-order valence-electron chi connectivity index (χ4n) is 1.47. The molecule has 3 N–H and O–H groups in total. The molecule has 0 radical (unpaired) electrons. The molecule has 100 valence electrons. The second-order valence-electron chi connectivity index (χ2n) is 4.05. The molecule has 0 saturated heterocycles. The molecule has 1 aromatic carbocycles. The fraction of sp³-hybridized carbons (Fsp3) is 0.231. The van der Waals surface area contributed by atoms with E-state index in [4.69, 9.17) is 10.5 Å². The Morgan fingerprint density at radius 1 is 1.53 bits per heavy atom. The fourth-order valence-corrected chi connectivity index (χ4v) is 2.19. The summed E-state index contributed by atoms with van der Waals surface area (Å²) in [6.45, 7) is 1.63. The summed E-state index contributed by atoms with van der Waals surface area (Å²) in [5.74, 6) is 0.526. The molecule has 0 spiro atoms. The van der Waals surface area contributed by atoms with Crippen molar-refractivity contribution in [2.45, 2.75) is 13.0 Å². The Hall–Kier alpha value is -1.92. The van der Waals surface area contributed by atoms with Crippen LogP contribution in [0.25, 0.3) is 11.3 Å². The Kier molecular flexibility index (Phi) is 4.13. The van der Waals surface area contributed by atoms with Crippen molar-refractivity contribution in [3.63, 3.8) is 0 Å². The molecule has 1 heterocycles. The maximum absolute atomic E-state index is 11.5. The van der Waals surface area contributed by atoms with Crippen molar-refractivity contribution in [3.05, 3.63) is 29.6 Å². The Morgan fingerprint density at radius 2 is 2.32 bits per heavy atom. The summed E-state index contributed by atoms with van der Waals surface area (Å²) in [6, 6.07) is 7.05. The van der Waals surface area contributed by atoms with Gasteiger partial charge < -0.3 is 15.8 Å². The standard InChI is InChI=1S/C13H15N3O2S/c1-8(14)12(17)16-13-15-11(7-19-13)9-4-3-5-10(6-9)18-2/h3-8H,14H2,1-2H3,(H,15,16,17). The lowest BCUT2D eigenvalue weighted by Gasteiger charge is -2.04. The molecule has 1 amide bonds. The number of nitrogens with one attached hydrogen (secondary N) is 1. The SMILES string of the molecule is COc1cccc(-c2csc(NC(=O)C(C)N)n2)c1. The number of rotatable bonds is 4. The molecule has 0 aliphatic carbocycles. The first-order valence-corrected chi connectivity index (χ1v) is 6.64. The van der Waals surface area contributed by atoms with Crippen LogP contribution in [0.1, 0.15) is 6.92 Å². The molecule has 6 heteroatoms. The largest absolute Gasteiger partial charge is 0.497 e. The lowest BCUT2D eigenvalue weighted by atomic mass is 10.2. The molecular weight excluding hydrogens is 262 g/mol. The second kappa shape index (κ2) is 5.81. The van der Waals surface area contributed by atoms with E-state index in [0.717, 1.165) is 17.0 Å². The van der Waals surface area contributed by atoms with Gasteiger partial charge in [-0.15, -0.1) is 11.3 Å². The number of hydrogen-bond donors (Lipinski definition) is 2. The van der Waals surface area contributed by atoms with E-state index in [1.807, 2.05) is 29.6 Å². The molecule has 2 rings (SSSR count). The highest BCUT2D eigenvalue weighted by atomic mass is 32.1. The number of carbonyl (C=O) groups is 1. The van der Waals surface area contributed by atoms with E-state index in [2.05, 4.69) is 10.3 Å². The summed E-state index contributed by atoms with van der Waals surface area (Å²) >= 11 is 1.36. The minimum absolute atomic E-state index is 0.244. The first kappa shape index (κ1) is 13.5. The van der Waals surface area contributed by atoms with Crippen molar-refractivity contribution in [2.75, 3.05) is 12.4 Å². The lowest BCUT2D eigenvalue weighted by molar-refractivity contribution is -0.117. The molecule has 0 saturated carbocycles. The minimum Gasteiger partial charge on any atom is -0.497 e. The average molecular weight is 277 g/mol. The molecule has 0 fully saturated rings. The van der Waals surface area contributed by atoms with Crippen LogP contribution in [0, 0.1) is 0 Å². The number of amides is 1. The van der Waals surface area contributed by atoms with E-state index >= 15 is 0 Å². The first-order chi connectivity index (χ1) is 9.10. The van der Waals surface area contributed by atoms with Crippen LogP contribution >= 0.6 is 11.3 Å². The number of ether oxygens (including phenoxy) is 1. The normalized spacial score (nSPS) is 11.9. The van der Waals surface area contributed by atoms with Gasteiger partial charge in [-0.3, -0.25) is 4.79 Å². The topological polar surface area (TPSA) is 77.2 Å². The number of methoxy groups -OCH3 is 1. The van der Waals surface area contributed by atoms with E-state index in [1.54, 1.807) is 14.0 Å². The van der Waals surface area contributed by atoms with E-state index in [-0.39, 0.29) is 5.91 Å². The first-order valence-electron chi connectivity index (χ1n) is 5.76. The number of benzene rings is 1. The van der Waals surface area contributed by atoms with Gasteiger partial charge in [-0.05, 0) is 19.1 Å². The van der Waals surface area contributed by atoms with Gasteiger partial charge in [-0.2, -0.15) is 0 Å². The molecule has 1 atom stereocenters. The molecule has 2 aromatic rings. The van der Waals surface area contributed by atoms with E-state index in [0.29, 0.717) is 5.13 Å². The zero-order valence-electron chi connectivity index (χ0n) is 10.7.